The molecule has 0 aliphatic carbocycles. The van der Waals surface area contributed by atoms with Crippen LogP contribution in [0.5, 0.6) is 17.2 Å². The van der Waals surface area contributed by atoms with Gasteiger partial charge in [-0.1, -0.05) is 35.9 Å². The van der Waals surface area contributed by atoms with E-state index < -0.39 is 0 Å². The molecule has 1 heterocycles. The Bertz CT molecular complexity index is 1220. The maximum Gasteiger partial charge on any atom is 0.203 e. The van der Waals surface area contributed by atoms with Crippen LogP contribution in [0.2, 0.25) is 5.02 Å². The normalized spacial score (nSPS) is 10.6. The Morgan fingerprint density at radius 1 is 0.750 bits per heavy atom. The molecule has 0 fully saturated rings. The largest absolute Gasteiger partial charge is 0.493 e. The second-order valence-corrected chi connectivity index (χ2v) is 7.35. The van der Waals surface area contributed by atoms with Crippen molar-refractivity contribution in [3.8, 4) is 17.2 Å². The predicted molar refractivity (Wildman–Crippen MR) is 132 cm³/mol. The third-order valence-corrected chi connectivity index (χ3v) is 5.27. The summed E-state index contributed by atoms with van der Waals surface area (Å²) in [6.45, 7) is 1.97. The summed E-state index contributed by atoms with van der Waals surface area (Å²) in [6, 6.07) is 22.8. The summed E-state index contributed by atoms with van der Waals surface area (Å²) < 4.78 is 21.0. The molecule has 0 spiro atoms. The number of imidazole rings is 1. The molecular formula is C24H25BrClN3O3. The molecule has 0 bridgehead atoms. The average molecular weight is 519 g/mol. The van der Waals surface area contributed by atoms with Crippen LogP contribution in [0.15, 0.2) is 72.8 Å². The summed E-state index contributed by atoms with van der Waals surface area (Å²) in [7, 11) is 1.62. The van der Waals surface area contributed by atoms with Crippen molar-refractivity contribution in [2.24, 2.45) is 0 Å². The third kappa shape index (κ3) is 5.29. The fraction of sp³-hybridized carbons (Fsp3) is 0.208. The molecule has 4 aromatic rings. The standard InChI is InChI=1S/C24H24ClN3O3.BrH/c1-29-22-8-4-5-9-23(22)31-17-15-28-21-7-3-2-6-20(21)27(24(28)26)14-16-30-19-12-10-18(25)11-13-19;/h2-13,26H,14-17H2,1H3;1H. The molecule has 1 aromatic heterocycles. The lowest BCUT2D eigenvalue weighted by Gasteiger charge is -2.11. The molecule has 0 aliphatic heterocycles. The number of aromatic nitrogens is 2. The molecule has 0 atom stereocenters. The van der Waals surface area contributed by atoms with Crippen LogP contribution < -0.4 is 19.8 Å². The number of para-hydroxylation sites is 4. The molecule has 4 rings (SSSR count). The lowest BCUT2D eigenvalue weighted by atomic mass is 10.3. The van der Waals surface area contributed by atoms with Crippen LogP contribution in [-0.4, -0.2) is 29.5 Å². The molecule has 0 aliphatic rings. The number of methoxy groups -OCH3 is 1. The van der Waals surface area contributed by atoms with Crippen molar-refractivity contribution >= 4 is 39.6 Å². The van der Waals surface area contributed by atoms with Gasteiger partial charge in [-0.15, -0.1) is 17.0 Å². The quantitative estimate of drug-likeness (QED) is 0.326. The van der Waals surface area contributed by atoms with E-state index in [9.17, 15) is 0 Å². The minimum Gasteiger partial charge on any atom is -0.493 e. The number of hydrogen-bond donors (Lipinski definition) is 1. The van der Waals surface area contributed by atoms with Crippen molar-refractivity contribution in [2.45, 2.75) is 13.1 Å². The Morgan fingerprint density at radius 2 is 1.28 bits per heavy atom. The van der Waals surface area contributed by atoms with Gasteiger partial charge in [0.1, 0.15) is 19.0 Å². The summed E-state index contributed by atoms with van der Waals surface area (Å²) in [5, 5.41) is 9.39. The average Bonchev–Trinajstić information content (AvgIpc) is 3.07. The highest BCUT2D eigenvalue weighted by Crippen LogP contribution is 2.25. The molecule has 0 amide bonds. The van der Waals surface area contributed by atoms with Crippen molar-refractivity contribution < 1.29 is 14.2 Å². The van der Waals surface area contributed by atoms with Crippen molar-refractivity contribution in [1.82, 2.24) is 9.13 Å². The molecule has 168 valence electrons. The molecule has 1 N–H and O–H groups in total. The maximum absolute atomic E-state index is 8.72. The molecule has 0 radical (unpaired) electrons. The van der Waals surface area contributed by atoms with Gasteiger partial charge in [-0.05, 0) is 48.5 Å². The van der Waals surface area contributed by atoms with Gasteiger partial charge in [-0.3, -0.25) is 5.41 Å². The summed E-state index contributed by atoms with van der Waals surface area (Å²) >= 11 is 5.92. The van der Waals surface area contributed by atoms with Crippen molar-refractivity contribution in [2.75, 3.05) is 20.3 Å². The number of benzene rings is 3. The first kappa shape index (κ1) is 23.8. The van der Waals surface area contributed by atoms with Gasteiger partial charge >= 0.3 is 0 Å². The topological polar surface area (TPSA) is 61.4 Å². The van der Waals surface area contributed by atoms with Crippen LogP contribution in [0.1, 0.15) is 0 Å². The molecule has 0 saturated carbocycles. The monoisotopic (exact) mass is 517 g/mol. The number of ether oxygens (including phenoxy) is 3. The van der Waals surface area contributed by atoms with Crippen LogP contribution in [0, 0.1) is 5.41 Å². The van der Waals surface area contributed by atoms with Gasteiger partial charge in [0.15, 0.2) is 11.5 Å². The molecular weight excluding hydrogens is 494 g/mol. The zero-order chi connectivity index (χ0) is 21.6. The van der Waals surface area contributed by atoms with E-state index in [0.717, 1.165) is 16.8 Å². The summed E-state index contributed by atoms with van der Waals surface area (Å²) in [4.78, 5) is 0. The lowest BCUT2D eigenvalue weighted by molar-refractivity contribution is 0.276. The highest BCUT2D eigenvalue weighted by Gasteiger charge is 2.11. The summed E-state index contributed by atoms with van der Waals surface area (Å²) in [6.07, 6.45) is 0. The maximum atomic E-state index is 8.72. The van der Waals surface area contributed by atoms with E-state index >= 15 is 0 Å². The first-order chi connectivity index (χ1) is 15.2. The van der Waals surface area contributed by atoms with Crippen LogP contribution in [0.25, 0.3) is 11.0 Å². The first-order valence-corrected chi connectivity index (χ1v) is 10.4. The number of nitrogens with zero attached hydrogens (tertiary/aromatic N) is 2. The van der Waals surface area contributed by atoms with Crippen LogP contribution in [0.3, 0.4) is 0 Å². The van der Waals surface area contributed by atoms with E-state index in [4.69, 9.17) is 31.2 Å². The number of halogens is 2. The minimum atomic E-state index is 0. The number of fused-ring (bicyclic) bond motifs is 1. The van der Waals surface area contributed by atoms with Crippen LogP contribution in [-0.2, 0) is 13.1 Å². The Kier molecular flexibility index (Phi) is 8.25. The Labute approximate surface area is 202 Å². The number of hydrogen-bond acceptors (Lipinski definition) is 4. The zero-order valence-corrected chi connectivity index (χ0v) is 20.1. The number of nitrogens with one attached hydrogen (secondary N) is 1. The van der Waals surface area contributed by atoms with Gasteiger partial charge in [0, 0.05) is 5.02 Å². The van der Waals surface area contributed by atoms with Gasteiger partial charge < -0.3 is 23.3 Å². The van der Waals surface area contributed by atoms with E-state index in [1.807, 2.05) is 69.8 Å². The van der Waals surface area contributed by atoms with Gasteiger partial charge in [-0.25, -0.2) is 0 Å². The van der Waals surface area contributed by atoms with E-state index in [0.29, 0.717) is 48.4 Å². The van der Waals surface area contributed by atoms with Crippen LogP contribution in [0.4, 0.5) is 0 Å². The smallest absolute Gasteiger partial charge is 0.203 e. The van der Waals surface area contributed by atoms with Crippen molar-refractivity contribution in [3.05, 3.63) is 83.4 Å². The first-order valence-electron chi connectivity index (χ1n) is 10.0. The van der Waals surface area contributed by atoms with Gasteiger partial charge in [0.05, 0.1) is 31.2 Å². The highest BCUT2D eigenvalue weighted by atomic mass is 79.9. The number of rotatable bonds is 9. The summed E-state index contributed by atoms with van der Waals surface area (Å²) in [5.74, 6) is 2.14. The van der Waals surface area contributed by atoms with E-state index in [-0.39, 0.29) is 17.0 Å². The second-order valence-electron chi connectivity index (χ2n) is 6.92. The molecule has 6 nitrogen and oxygen atoms in total. The molecule has 8 heteroatoms. The van der Waals surface area contributed by atoms with Gasteiger partial charge in [0.2, 0.25) is 5.62 Å². The molecule has 32 heavy (non-hydrogen) atoms. The highest BCUT2D eigenvalue weighted by molar-refractivity contribution is 8.93. The van der Waals surface area contributed by atoms with Crippen LogP contribution >= 0.6 is 28.6 Å². The lowest BCUT2D eigenvalue weighted by Crippen LogP contribution is -2.28. The third-order valence-electron chi connectivity index (χ3n) is 5.01. The Hall–Kier alpha value is -2.90. The SMILES string of the molecule is Br.COc1ccccc1OCCn1c(=N)n(CCOc2ccc(Cl)cc2)c2ccccc21. The molecule has 0 unspecified atom stereocenters. The molecule has 3 aromatic carbocycles. The predicted octanol–water partition coefficient (Wildman–Crippen LogP) is 5.32. The van der Waals surface area contributed by atoms with Crippen molar-refractivity contribution in [1.29, 1.82) is 5.41 Å². The second kappa shape index (κ2) is 11.1. The fourth-order valence-electron chi connectivity index (χ4n) is 3.52. The minimum absolute atomic E-state index is 0. The Morgan fingerprint density at radius 3 is 1.88 bits per heavy atom. The van der Waals surface area contributed by atoms with E-state index in [1.54, 1.807) is 19.2 Å². The van der Waals surface area contributed by atoms with Gasteiger partial charge in [0.25, 0.3) is 0 Å². The van der Waals surface area contributed by atoms with E-state index in [1.165, 1.54) is 0 Å². The summed E-state index contributed by atoms with van der Waals surface area (Å²) in [5.41, 5.74) is 2.39. The van der Waals surface area contributed by atoms with Gasteiger partial charge in [-0.2, -0.15) is 0 Å². The fourth-order valence-corrected chi connectivity index (χ4v) is 3.64. The molecule has 0 saturated heterocycles. The van der Waals surface area contributed by atoms with Crippen molar-refractivity contribution in [3.63, 3.8) is 0 Å². The Balaban J connectivity index is 0.00000289. The van der Waals surface area contributed by atoms with E-state index in [2.05, 4.69) is 0 Å². The zero-order valence-electron chi connectivity index (χ0n) is 17.7.